The fourth-order valence-corrected chi connectivity index (χ4v) is 4.19. The largest absolute Gasteiger partial charge is 0.456 e. The molecule has 2 aliphatic rings. The molecule has 0 heterocycles. The van der Waals surface area contributed by atoms with Crippen molar-refractivity contribution in [1.82, 2.24) is 0 Å². The van der Waals surface area contributed by atoms with Gasteiger partial charge in [-0.3, -0.25) is 19.7 Å². The summed E-state index contributed by atoms with van der Waals surface area (Å²) in [5, 5.41) is 13.5. The molecule has 1 N–H and O–H groups in total. The van der Waals surface area contributed by atoms with E-state index in [9.17, 15) is 19.7 Å². The second-order valence-corrected chi connectivity index (χ2v) is 7.07. The topological polar surface area (TPSA) is 98.5 Å². The van der Waals surface area contributed by atoms with Gasteiger partial charge in [0.2, 0.25) is 0 Å². The summed E-state index contributed by atoms with van der Waals surface area (Å²) in [6.07, 6.45) is 5.13. The van der Waals surface area contributed by atoms with Gasteiger partial charge in [0.05, 0.1) is 4.92 Å². The van der Waals surface area contributed by atoms with Gasteiger partial charge in [0.15, 0.2) is 6.61 Å². The minimum absolute atomic E-state index is 0.140. The van der Waals surface area contributed by atoms with Crippen molar-refractivity contribution in [3.05, 3.63) is 33.9 Å². The molecular formula is C18H22N2O5. The zero-order valence-corrected chi connectivity index (χ0v) is 14.2. The number of anilines is 1. The van der Waals surface area contributed by atoms with Gasteiger partial charge in [-0.25, -0.2) is 0 Å². The molecule has 0 spiro atoms. The summed E-state index contributed by atoms with van der Waals surface area (Å²) in [5.74, 6) is 0.825. The molecule has 3 rings (SSSR count). The number of nitro groups is 1. The number of nitrogens with one attached hydrogen (secondary N) is 1. The monoisotopic (exact) mass is 346 g/mol. The van der Waals surface area contributed by atoms with E-state index in [1.807, 2.05) is 0 Å². The van der Waals surface area contributed by atoms with E-state index in [0.717, 1.165) is 12.3 Å². The molecule has 2 aliphatic carbocycles. The number of rotatable bonds is 6. The molecule has 0 unspecified atom stereocenters. The van der Waals surface area contributed by atoms with Crippen LogP contribution in [0, 0.1) is 34.8 Å². The maximum absolute atomic E-state index is 12.0. The smallest absolute Gasteiger partial charge is 0.306 e. The predicted molar refractivity (Wildman–Crippen MR) is 91.0 cm³/mol. The number of esters is 1. The average molecular weight is 346 g/mol. The van der Waals surface area contributed by atoms with Crippen LogP contribution in [-0.4, -0.2) is 23.4 Å². The number of benzene rings is 1. The fourth-order valence-electron chi connectivity index (χ4n) is 4.19. The Bertz CT molecular complexity index is 703. The zero-order valence-electron chi connectivity index (χ0n) is 14.2. The SMILES string of the molecule is Cc1cccc([N+](=O)[O-])c1NC(=O)COC(=O)C[C@@H]1C[C@@H]2CC[C@@H]1C2. The van der Waals surface area contributed by atoms with Crippen molar-refractivity contribution in [2.45, 2.75) is 39.0 Å². The van der Waals surface area contributed by atoms with E-state index in [1.54, 1.807) is 19.1 Å². The third-order valence-corrected chi connectivity index (χ3v) is 5.39. The maximum Gasteiger partial charge on any atom is 0.306 e. The van der Waals surface area contributed by atoms with E-state index in [2.05, 4.69) is 5.32 Å². The number of nitrogens with zero attached hydrogens (tertiary/aromatic N) is 1. The molecule has 0 radical (unpaired) electrons. The van der Waals surface area contributed by atoms with Crippen molar-refractivity contribution in [3.8, 4) is 0 Å². The molecule has 0 aliphatic heterocycles. The highest BCUT2D eigenvalue weighted by atomic mass is 16.6. The molecule has 25 heavy (non-hydrogen) atoms. The number of carbonyl (C=O) groups is 2. The van der Waals surface area contributed by atoms with Crippen molar-refractivity contribution < 1.29 is 19.2 Å². The summed E-state index contributed by atoms with van der Waals surface area (Å²) in [6, 6.07) is 4.55. The Morgan fingerprint density at radius 2 is 2.12 bits per heavy atom. The van der Waals surface area contributed by atoms with E-state index in [1.165, 1.54) is 25.3 Å². The van der Waals surface area contributed by atoms with Crippen molar-refractivity contribution in [3.63, 3.8) is 0 Å². The minimum Gasteiger partial charge on any atom is -0.456 e. The molecule has 2 saturated carbocycles. The van der Waals surface area contributed by atoms with Crippen LogP contribution in [0.4, 0.5) is 11.4 Å². The van der Waals surface area contributed by atoms with Crippen LogP contribution in [-0.2, 0) is 14.3 Å². The quantitative estimate of drug-likeness (QED) is 0.484. The zero-order chi connectivity index (χ0) is 18.0. The van der Waals surface area contributed by atoms with Gasteiger partial charge in [-0.1, -0.05) is 18.6 Å². The molecule has 1 aromatic carbocycles. The van der Waals surface area contributed by atoms with E-state index >= 15 is 0 Å². The molecule has 7 heteroatoms. The summed E-state index contributed by atoms with van der Waals surface area (Å²) in [6.45, 7) is 1.24. The van der Waals surface area contributed by atoms with Crippen LogP contribution in [0.5, 0.6) is 0 Å². The lowest BCUT2D eigenvalue weighted by atomic mass is 9.86. The van der Waals surface area contributed by atoms with Crippen molar-refractivity contribution in [2.75, 3.05) is 11.9 Å². The first-order chi connectivity index (χ1) is 11.9. The Morgan fingerprint density at radius 3 is 2.76 bits per heavy atom. The van der Waals surface area contributed by atoms with Crippen LogP contribution in [0.1, 0.15) is 37.7 Å². The lowest BCUT2D eigenvalue weighted by molar-refractivity contribution is -0.384. The number of hydrogen-bond acceptors (Lipinski definition) is 5. The van der Waals surface area contributed by atoms with Gasteiger partial charge in [0.25, 0.3) is 11.6 Å². The van der Waals surface area contributed by atoms with Crippen LogP contribution in [0.15, 0.2) is 18.2 Å². The van der Waals surface area contributed by atoms with Gasteiger partial charge in [-0.15, -0.1) is 0 Å². The average Bonchev–Trinajstić information content (AvgIpc) is 3.17. The molecule has 1 aromatic rings. The van der Waals surface area contributed by atoms with Crippen molar-refractivity contribution in [1.29, 1.82) is 0 Å². The number of fused-ring (bicyclic) bond motifs is 2. The third-order valence-electron chi connectivity index (χ3n) is 5.39. The standard InChI is InChI=1S/C18H22N2O5/c1-11-3-2-4-15(20(23)24)18(11)19-16(21)10-25-17(22)9-14-8-12-5-6-13(14)7-12/h2-4,12-14H,5-10H2,1H3,(H,19,21)/t12-,13-,14+/m1/s1. The molecular weight excluding hydrogens is 324 g/mol. The second-order valence-electron chi connectivity index (χ2n) is 7.07. The molecule has 0 aromatic heterocycles. The number of amides is 1. The highest BCUT2D eigenvalue weighted by molar-refractivity contribution is 5.95. The molecule has 7 nitrogen and oxygen atoms in total. The summed E-state index contributed by atoms with van der Waals surface area (Å²) >= 11 is 0. The van der Waals surface area contributed by atoms with E-state index in [4.69, 9.17) is 4.74 Å². The third kappa shape index (κ3) is 3.97. The van der Waals surface area contributed by atoms with Gasteiger partial charge in [-0.2, -0.15) is 0 Å². The number of ether oxygens (including phenoxy) is 1. The normalized spacial score (nSPS) is 24.1. The van der Waals surface area contributed by atoms with Gasteiger partial charge in [0.1, 0.15) is 5.69 Å². The molecule has 1 amide bonds. The number of carbonyl (C=O) groups excluding carboxylic acids is 2. The Hall–Kier alpha value is -2.44. The van der Waals surface area contributed by atoms with Gasteiger partial charge in [-0.05, 0) is 49.5 Å². The first-order valence-electron chi connectivity index (χ1n) is 8.63. The highest BCUT2D eigenvalue weighted by Gasteiger charge is 2.40. The lowest BCUT2D eigenvalue weighted by Crippen LogP contribution is -2.23. The number of nitro benzene ring substituents is 1. The van der Waals surface area contributed by atoms with E-state index in [0.29, 0.717) is 23.8 Å². The minimum atomic E-state index is -0.571. The van der Waals surface area contributed by atoms with Crippen LogP contribution < -0.4 is 5.32 Å². The number of aryl methyl sites for hydroxylation is 1. The van der Waals surface area contributed by atoms with Crippen LogP contribution in [0.3, 0.4) is 0 Å². The van der Waals surface area contributed by atoms with Gasteiger partial charge < -0.3 is 10.1 Å². The fraction of sp³-hybridized carbons (Fsp3) is 0.556. The Labute approximate surface area is 145 Å². The molecule has 2 fully saturated rings. The van der Waals surface area contributed by atoms with E-state index in [-0.39, 0.29) is 17.3 Å². The van der Waals surface area contributed by atoms with Crippen molar-refractivity contribution >= 4 is 23.3 Å². The first-order valence-corrected chi connectivity index (χ1v) is 8.63. The Kier molecular flexibility index (Phi) is 5.01. The van der Waals surface area contributed by atoms with Crippen molar-refractivity contribution in [2.24, 2.45) is 17.8 Å². The van der Waals surface area contributed by atoms with Crippen LogP contribution in [0.2, 0.25) is 0 Å². The predicted octanol–water partition coefficient (Wildman–Crippen LogP) is 3.21. The Balaban J connectivity index is 1.50. The van der Waals surface area contributed by atoms with Crippen LogP contribution in [0.25, 0.3) is 0 Å². The summed E-state index contributed by atoms with van der Waals surface area (Å²) in [5.41, 5.74) is 0.541. The molecule has 0 saturated heterocycles. The summed E-state index contributed by atoms with van der Waals surface area (Å²) < 4.78 is 5.07. The van der Waals surface area contributed by atoms with Gasteiger partial charge in [0, 0.05) is 12.5 Å². The summed E-state index contributed by atoms with van der Waals surface area (Å²) in [7, 11) is 0. The second kappa shape index (κ2) is 7.21. The molecule has 2 bridgehead atoms. The summed E-state index contributed by atoms with van der Waals surface area (Å²) in [4.78, 5) is 34.5. The molecule has 134 valence electrons. The van der Waals surface area contributed by atoms with Crippen LogP contribution >= 0.6 is 0 Å². The number of para-hydroxylation sites is 1. The first kappa shape index (κ1) is 17.4. The molecule has 3 atom stereocenters. The van der Waals surface area contributed by atoms with Gasteiger partial charge >= 0.3 is 5.97 Å². The maximum atomic E-state index is 12.0. The highest BCUT2D eigenvalue weighted by Crippen LogP contribution is 2.49. The Morgan fingerprint density at radius 1 is 1.32 bits per heavy atom. The van der Waals surface area contributed by atoms with E-state index < -0.39 is 17.4 Å². The lowest BCUT2D eigenvalue weighted by Gasteiger charge is -2.20. The number of hydrogen-bond donors (Lipinski definition) is 1.